The first-order chi connectivity index (χ1) is 8.35. The van der Waals surface area contributed by atoms with Gasteiger partial charge in [0, 0.05) is 19.6 Å². The highest BCUT2D eigenvalue weighted by atomic mass is 16.5. The van der Waals surface area contributed by atoms with Crippen molar-refractivity contribution in [2.45, 2.75) is 25.8 Å². The number of benzene rings is 1. The largest absolute Gasteiger partial charge is 0.495 e. The van der Waals surface area contributed by atoms with Gasteiger partial charge in [0.05, 0.1) is 12.8 Å². The average Bonchev–Trinajstić information content (AvgIpc) is 2.40. The zero-order valence-corrected chi connectivity index (χ0v) is 10.8. The van der Waals surface area contributed by atoms with Crippen molar-refractivity contribution in [3.8, 4) is 5.75 Å². The van der Waals surface area contributed by atoms with Crippen molar-refractivity contribution < 1.29 is 4.74 Å². The Hall–Kier alpha value is -1.22. The zero-order chi connectivity index (χ0) is 12.1. The van der Waals surface area contributed by atoms with Crippen molar-refractivity contribution >= 4 is 5.69 Å². The van der Waals surface area contributed by atoms with Crippen molar-refractivity contribution in [1.29, 1.82) is 0 Å². The zero-order valence-electron chi connectivity index (χ0n) is 10.8. The summed E-state index contributed by atoms with van der Waals surface area (Å²) >= 11 is 0. The van der Waals surface area contributed by atoms with Gasteiger partial charge in [0.1, 0.15) is 5.75 Å². The summed E-state index contributed by atoms with van der Waals surface area (Å²) in [5.74, 6) is 1.000. The maximum absolute atomic E-state index is 5.52. The van der Waals surface area contributed by atoms with Crippen LogP contribution in [0.5, 0.6) is 5.75 Å². The summed E-state index contributed by atoms with van der Waals surface area (Å²) in [5, 5.41) is 3.17. The number of anilines is 1. The normalized spacial score (nSPS) is 16.0. The van der Waals surface area contributed by atoms with Crippen LogP contribution in [0, 0.1) is 0 Å². The predicted molar refractivity (Wildman–Crippen MR) is 71.8 cm³/mol. The van der Waals surface area contributed by atoms with Crippen LogP contribution in [0.25, 0.3) is 0 Å². The number of nitrogens with one attached hydrogen (secondary N) is 1. The van der Waals surface area contributed by atoms with E-state index in [-0.39, 0.29) is 0 Å². The van der Waals surface area contributed by atoms with Crippen LogP contribution in [0.15, 0.2) is 18.2 Å². The van der Waals surface area contributed by atoms with Gasteiger partial charge in [-0.1, -0.05) is 6.07 Å². The molecule has 1 N–H and O–H groups in total. The lowest BCUT2D eigenvalue weighted by Gasteiger charge is -2.30. The van der Waals surface area contributed by atoms with Gasteiger partial charge in [0.15, 0.2) is 0 Å². The highest BCUT2D eigenvalue weighted by Gasteiger charge is 2.15. The first-order valence-electron chi connectivity index (χ1n) is 6.41. The molecule has 0 bridgehead atoms. The fraction of sp³-hybridized carbons (Fsp3) is 0.571. The topological polar surface area (TPSA) is 24.5 Å². The third kappa shape index (κ3) is 2.91. The van der Waals surface area contributed by atoms with Crippen molar-refractivity contribution in [1.82, 2.24) is 5.32 Å². The van der Waals surface area contributed by atoms with E-state index in [0.29, 0.717) is 0 Å². The number of hydrogen-bond donors (Lipinski definition) is 1. The molecule has 0 spiro atoms. The third-order valence-electron chi connectivity index (χ3n) is 3.32. The van der Waals surface area contributed by atoms with Gasteiger partial charge >= 0.3 is 0 Å². The smallest absolute Gasteiger partial charge is 0.142 e. The molecule has 1 fully saturated rings. The van der Waals surface area contributed by atoms with Crippen LogP contribution in [-0.4, -0.2) is 27.2 Å². The van der Waals surface area contributed by atoms with E-state index in [1.807, 2.05) is 7.05 Å². The Morgan fingerprint density at radius 1 is 1.24 bits per heavy atom. The van der Waals surface area contributed by atoms with Gasteiger partial charge in [0.2, 0.25) is 0 Å². The molecule has 0 aromatic heterocycles. The van der Waals surface area contributed by atoms with Crippen LogP contribution < -0.4 is 15.0 Å². The molecule has 1 heterocycles. The minimum atomic E-state index is 0.886. The van der Waals surface area contributed by atoms with Gasteiger partial charge in [-0.3, -0.25) is 0 Å². The molecule has 17 heavy (non-hydrogen) atoms. The minimum absolute atomic E-state index is 0.886. The summed E-state index contributed by atoms with van der Waals surface area (Å²) in [6.07, 6.45) is 3.94. The van der Waals surface area contributed by atoms with Gasteiger partial charge in [0.25, 0.3) is 0 Å². The van der Waals surface area contributed by atoms with Crippen molar-refractivity contribution in [2.24, 2.45) is 0 Å². The summed E-state index contributed by atoms with van der Waals surface area (Å²) in [7, 11) is 3.72. The monoisotopic (exact) mass is 234 g/mol. The first-order valence-corrected chi connectivity index (χ1v) is 6.41. The van der Waals surface area contributed by atoms with E-state index in [0.717, 1.165) is 25.4 Å². The Kier molecular flexibility index (Phi) is 4.26. The van der Waals surface area contributed by atoms with Crippen LogP contribution in [0.3, 0.4) is 0 Å². The maximum Gasteiger partial charge on any atom is 0.142 e. The number of nitrogens with zero attached hydrogens (tertiary/aromatic N) is 1. The average molecular weight is 234 g/mol. The molecule has 94 valence electrons. The van der Waals surface area contributed by atoms with Crippen LogP contribution >= 0.6 is 0 Å². The molecule has 1 aromatic carbocycles. The van der Waals surface area contributed by atoms with Crippen molar-refractivity contribution in [3.05, 3.63) is 23.8 Å². The predicted octanol–water partition coefficient (Wildman–Crippen LogP) is 2.40. The van der Waals surface area contributed by atoms with Crippen molar-refractivity contribution in [3.63, 3.8) is 0 Å². The molecule has 2 rings (SSSR count). The van der Waals surface area contributed by atoms with E-state index >= 15 is 0 Å². The molecular weight excluding hydrogens is 212 g/mol. The molecule has 0 atom stereocenters. The summed E-state index contributed by atoms with van der Waals surface area (Å²) in [5.41, 5.74) is 2.51. The molecule has 1 aliphatic heterocycles. The summed E-state index contributed by atoms with van der Waals surface area (Å²) in [6.45, 7) is 3.19. The molecule has 0 unspecified atom stereocenters. The van der Waals surface area contributed by atoms with E-state index in [2.05, 4.69) is 28.4 Å². The van der Waals surface area contributed by atoms with Crippen LogP contribution in [0.2, 0.25) is 0 Å². The summed E-state index contributed by atoms with van der Waals surface area (Å²) in [6, 6.07) is 6.51. The molecule has 0 radical (unpaired) electrons. The van der Waals surface area contributed by atoms with E-state index in [1.165, 1.54) is 30.5 Å². The van der Waals surface area contributed by atoms with Crippen molar-refractivity contribution in [2.75, 3.05) is 32.1 Å². The fourth-order valence-electron chi connectivity index (χ4n) is 2.43. The molecule has 3 nitrogen and oxygen atoms in total. The second kappa shape index (κ2) is 5.92. The fourth-order valence-corrected chi connectivity index (χ4v) is 2.43. The van der Waals surface area contributed by atoms with Gasteiger partial charge in [-0.15, -0.1) is 0 Å². The van der Waals surface area contributed by atoms with Gasteiger partial charge in [-0.25, -0.2) is 0 Å². The summed E-state index contributed by atoms with van der Waals surface area (Å²) < 4.78 is 5.52. The van der Waals surface area contributed by atoms with Crippen LogP contribution in [-0.2, 0) is 6.54 Å². The van der Waals surface area contributed by atoms with E-state index in [1.54, 1.807) is 7.11 Å². The van der Waals surface area contributed by atoms with Gasteiger partial charge in [-0.05, 0) is 44.0 Å². The molecule has 0 aliphatic carbocycles. The van der Waals surface area contributed by atoms with Crippen LogP contribution in [0.1, 0.15) is 24.8 Å². The molecule has 1 aromatic rings. The number of rotatable bonds is 4. The number of ether oxygens (including phenoxy) is 1. The lowest BCUT2D eigenvalue weighted by Crippen LogP contribution is -2.29. The molecule has 1 aliphatic rings. The second-order valence-corrected chi connectivity index (χ2v) is 4.58. The number of piperidine rings is 1. The van der Waals surface area contributed by atoms with Gasteiger partial charge < -0.3 is 15.0 Å². The minimum Gasteiger partial charge on any atom is -0.495 e. The maximum atomic E-state index is 5.52. The Morgan fingerprint density at radius 2 is 2.00 bits per heavy atom. The lowest BCUT2D eigenvalue weighted by molar-refractivity contribution is 0.412. The lowest BCUT2D eigenvalue weighted by atomic mass is 10.1. The van der Waals surface area contributed by atoms with Crippen LogP contribution in [0.4, 0.5) is 5.69 Å². The highest BCUT2D eigenvalue weighted by molar-refractivity contribution is 5.60. The molecule has 1 saturated heterocycles. The second-order valence-electron chi connectivity index (χ2n) is 4.58. The molecule has 0 saturated carbocycles. The number of hydrogen-bond acceptors (Lipinski definition) is 3. The quantitative estimate of drug-likeness (QED) is 0.866. The Morgan fingerprint density at radius 3 is 2.65 bits per heavy atom. The van der Waals surface area contributed by atoms with E-state index < -0.39 is 0 Å². The van der Waals surface area contributed by atoms with E-state index in [4.69, 9.17) is 4.74 Å². The third-order valence-corrected chi connectivity index (χ3v) is 3.32. The molecule has 0 amide bonds. The Bertz CT molecular complexity index is 359. The number of methoxy groups -OCH3 is 1. The molecular formula is C14H22N2O. The van der Waals surface area contributed by atoms with E-state index in [9.17, 15) is 0 Å². The standard InChI is InChI=1S/C14H22N2O/c1-15-11-12-6-7-13(14(10-12)17-2)16-8-4-3-5-9-16/h6-7,10,15H,3-5,8-9,11H2,1-2H3. The molecule has 3 heteroatoms. The summed E-state index contributed by atoms with van der Waals surface area (Å²) in [4.78, 5) is 2.44. The first kappa shape index (κ1) is 12.2. The Balaban J connectivity index is 2.20. The highest BCUT2D eigenvalue weighted by Crippen LogP contribution is 2.31. The SMILES string of the molecule is CNCc1ccc(N2CCCCC2)c(OC)c1. The Labute approximate surface area is 104 Å². The van der Waals surface area contributed by atoms with Gasteiger partial charge in [-0.2, -0.15) is 0 Å².